The van der Waals surface area contributed by atoms with Gasteiger partial charge < -0.3 is 21.1 Å². The highest BCUT2D eigenvalue weighted by Crippen LogP contribution is 2.35. The Balaban J connectivity index is 0.000000335. The molecule has 1 aliphatic heterocycles. The number of aromatic nitrogens is 1. The average Bonchev–Trinajstić information content (AvgIpc) is 2.70. The molecule has 0 saturated heterocycles. The van der Waals surface area contributed by atoms with E-state index < -0.39 is 0 Å². The van der Waals surface area contributed by atoms with Gasteiger partial charge in [-0.25, -0.2) is 4.98 Å². The number of aryl methyl sites for hydroxylation is 1. The van der Waals surface area contributed by atoms with E-state index in [2.05, 4.69) is 24.1 Å². The zero-order valence-electron chi connectivity index (χ0n) is 18.2. The number of pyridine rings is 1. The van der Waals surface area contributed by atoms with Gasteiger partial charge in [0.05, 0.1) is 6.61 Å². The average molecular weight is 413 g/mol. The topological polar surface area (TPSA) is 109 Å². The van der Waals surface area contributed by atoms with E-state index in [1.54, 1.807) is 19.2 Å². The van der Waals surface area contributed by atoms with Crippen molar-refractivity contribution in [1.29, 1.82) is 0 Å². The lowest BCUT2D eigenvalue weighted by Crippen LogP contribution is -2.46. The van der Waals surface area contributed by atoms with E-state index >= 15 is 0 Å². The highest BCUT2D eigenvalue weighted by molar-refractivity contribution is 5.97. The second-order valence-electron chi connectivity index (χ2n) is 7.63. The third-order valence-electron chi connectivity index (χ3n) is 5.22. The van der Waals surface area contributed by atoms with Gasteiger partial charge in [0, 0.05) is 37.0 Å². The number of nitrogens with one attached hydrogen (secondary N) is 1. The van der Waals surface area contributed by atoms with Crippen molar-refractivity contribution in [2.45, 2.75) is 46.6 Å². The van der Waals surface area contributed by atoms with Crippen molar-refractivity contribution in [3.63, 3.8) is 0 Å². The van der Waals surface area contributed by atoms with Gasteiger partial charge in [-0.3, -0.25) is 9.59 Å². The molecule has 0 radical (unpaired) electrons. The van der Waals surface area contributed by atoms with Crippen molar-refractivity contribution >= 4 is 23.3 Å². The van der Waals surface area contributed by atoms with Crippen LogP contribution in [0.2, 0.25) is 0 Å². The standard InChI is InChI=1S/C17H24N2O3.C6H8N2/c1-4-15-11(2)9-14-10-13(17(22)18-7-8-20)5-6-16(14)19(15)12(3)21;1-5-2-3-8-6(7)4-5/h5-6,10-11,15,20H,4,7-9H2,1-3H3,(H,18,22);2-4H,1H3,(H2,7,8)/t11?,15-;/m0./s1. The molecule has 30 heavy (non-hydrogen) atoms. The van der Waals surface area contributed by atoms with E-state index in [-0.39, 0.29) is 31.0 Å². The van der Waals surface area contributed by atoms with Gasteiger partial charge >= 0.3 is 0 Å². The molecule has 2 heterocycles. The minimum absolute atomic E-state index is 0.0390. The van der Waals surface area contributed by atoms with E-state index in [4.69, 9.17) is 10.8 Å². The predicted molar refractivity (Wildman–Crippen MR) is 119 cm³/mol. The lowest BCUT2D eigenvalue weighted by molar-refractivity contribution is -0.117. The van der Waals surface area contributed by atoms with Crippen LogP contribution < -0.4 is 16.0 Å². The molecule has 0 saturated carbocycles. The summed E-state index contributed by atoms with van der Waals surface area (Å²) in [5.74, 6) is 0.788. The fourth-order valence-electron chi connectivity index (χ4n) is 3.86. The van der Waals surface area contributed by atoms with Crippen LogP contribution in [0.1, 0.15) is 48.7 Å². The summed E-state index contributed by atoms with van der Waals surface area (Å²) in [6.07, 6.45) is 3.47. The number of hydrogen-bond acceptors (Lipinski definition) is 5. The minimum atomic E-state index is -0.198. The molecule has 1 aromatic carbocycles. The van der Waals surface area contributed by atoms with Gasteiger partial charge in [-0.05, 0) is 67.1 Å². The predicted octanol–water partition coefficient (Wildman–Crippen LogP) is 2.70. The Morgan fingerprint density at radius 2 is 2.03 bits per heavy atom. The Kier molecular flexibility index (Phi) is 8.35. The van der Waals surface area contributed by atoms with E-state index in [1.165, 1.54) is 0 Å². The summed E-state index contributed by atoms with van der Waals surface area (Å²) in [5.41, 5.74) is 9.01. The maximum atomic E-state index is 12.1. The Hall–Kier alpha value is -2.93. The number of anilines is 2. The lowest BCUT2D eigenvalue weighted by atomic mass is 9.84. The normalized spacial score (nSPS) is 17.4. The number of nitrogens with two attached hydrogens (primary N) is 1. The Labute approximate surface area is 178 Å². The molecule has 0 aliphatic carbocycles. The van der Waals surface area contributed by atoms with Crippen LogP contribution in [0.4, 0.5) is 11.5 Å². The largest absolute Gasteiger partial charge is 0.395 e. The van der Waals surface area contributed by atoms with Crippen molar-refractivity contribution < 1.29 is 14.7 Å². The molecule has 162 valence electrons. The molecule has 4 N–H and O–H groups in total. The molecule has 0 fully saturated rings. The molecule has 2 atom stereocenters. The van der Waals surface area contributed by atoms with Crippen LogP contribution in [0.5, 0.6) is 0 Å². The second-order valence-corrected chi connectivity index (χ2v) is 7.63. The number of aliphatic hydroxyl groups is 1. The summed E-state index contributed by atoms with van der Waals surface area (Å²) < 4.78 is 0. The Bertz CT molecular complexity index is 867. The van der Waals surface area contributed by atoms with Crippen LogP contribution in [0.3, 0.4) is 0 Å². The van der Waals surface area contributed by atoms with E-state index in [9.17, 15) is 9.59 Å². The first-order valence-corrected chi connectivity index (χ1v) is 10.3. The lowest BCUT2D eigenvalue weighted by Gasteiger charge is -2.40. The molecule has 7 nitrogen and oxygen atoms in total. The van der Waals surface area contributed by atoms with Gasteiger partial charge in [0.1, 0.15) is 5.82 Å². The van der Waals surface area contributed by atoms with Crippen LogP contribution in [-0.2, 0) is 11.2 Å². The Morgan fingerprint density at radius 1 is 1.30 bits per heavy atom. The van der Waals surface area contributed by atoms with Crippen molar-refractivity contribution in [2.24, 2.45) is 5.92 Å². The molecule has 7 heteroatoms. The number of rotatable bonds is 4. The Morgan fingerprint density at radius 3 is 2.57 bits per heavy atom. The molecule has 1 aromatic heterocycles. The quantitative estimate of drug-likeness (QED) is 0.715. The molecule has 1 unspecified atom stereocenters. The molecule has 3 rings (SSSR count). The first kappa shape index (κ1) is 23.3. The summed E-state index contributed by atoms with van der Waals surface area (Å²) >= 11 is 0. The van der Waals surface area contributed by atoms with Crippen molar-refractivity contribution in [3.05, 3.63) is 53.2 Å². The van der Waals surface area contributed by atoms with Crippen LogP contribution >= 0.6 is 0 Å². The second kappa shape index (κ2) is 10.7. The van der Waals surface area contributed by atoms with Crippen LogP contribution in [0.15, 0.2) is 36.5 Å². The van der Waals surface area contributed by atoms with Gasteiger partial charge in [0.25, 0.3) is 5.91 Å². The number of aliphatic hydroxyl groups excluding tert-OH is 1. The molecule has 1 aliphatic rings. The number of carbonyl (C=O) groups is 2. The summed E-state index contributed by atoms with van der Waals surface area (Å²) in [6, 6.07) is 9.42. The summed E-state index contributed by atoms with van der Waals surface area (Å²) in [7, 11) is 0. The first-order valence-electron chi connectivity index (χ1n) is 10.3. The molecule has 2 amide bonds. The summed E-state index contributed by atoms with van der Waals surface area (Å²) in [4.78, 5) is 29.7. The van der Waals surface area contributed by atoms with Gasteiger partial charge in [-0.15, -0.1) is 0 Å². The number of hydrogen-bond donors (Lipinski definition) is 3. The van der Waals surface area contributed by atoms with Gasteiger partial charge in [0.2, 0.25) is 5.91 Å². The maximum Gasteiger partial charge on any atom is 0.251 e. The van der Waals surface area contributed by atoms with Crippen molar-refractivity contribution in [3.8, 4) is 0 Å². The molecular weight excluding hydrogens is 380 g/mol. The number of benzene rings is 1. The SMILES string of the molecule is CC[C@H]1C(C)Cc2cc(C(=O)NCCO)ccc2N1C(C)=O.Cc1ccnc(N)c1. The maximum absolute atomic E-state index is 12.1. The highest BCUT2D eigenvalue weighted by Gasteiger charge is 2.33. The van der Waals surface area contributed by atoms with E-state index in [0.717, 1.165) is 29.7 Å². The van der Waals surface area contributed by atoms with Crippen LogP contribution in [0, 0.1) is 12.8 Å². The van der Waals surface area contributed by atoms with E-state index in [1.807, 2.05) is 36.1 Å². The zero-order chi connectivity index (χ0) is 22.3. The molecule has 0 spiro atoms. The highest BCUT2D eigenvalue weighted by atomic mass is 16.3. The molecule has 0 bridgehead atoms. The third kappa shape index (κ3) is 5.79. The van der Waals surface area contributed by atoms with Crippen molar-refractivity contribution in [2.75, 3.05) is 23.8 Å². The van der Waals surface area contributed by atoms with E-state index in [0.29, 0.717) is 17.3 Å². The molecular formula is C23H32N4O3. The van der Waals surface area contributed by atoms with Gasteiger partial charge in [-0.1, -0.05) is 13.8 Å². The fraction of sp³-hybridized carbons (Fsp3) is 0.435. The molecule has 2 aromatic rings. The summed E-state index contributed by atoms with van der Waals surface area (Å²) in [6.45, 7) is 7.97. The number of fused-ring (bicyclic) bond motifs is 1. The van der Waals surface area contributed by atoms with Gasteiger partial charge in [-0.2, -0.15) is 0 Å². The number of carbonyl (C=O) groups excluding carboxylic acids is 2. The van der Waals surface area contributed by atoms with Crippen LogP contribution in [-0.4, -0.2) is 41.1 Å². The number of nitrogens with zero attached hydrogens (tertiary/aromatic N) is 2. The monoisotopic (exact) mass is 412 g/mol. The van der Waals surface area contributed by atoms with Crippen LogP contribution in [0.25, 0.3) is 0 Å². The summed E-state index contributed by atoms with van der Waals surface area (Å²) in [5, 5.41) is 11.4. The van der Waals surface area contributed by atoms with Crippen molar-refractivity contribution in [1.82, 2.24) is 10.3 Å². The minimum Gasteiger partial charge on any atom is -0.395 e. The zero-order valence-corrected chi connectivity index (χ0v) is 18.2. The third-order valence-corrected chi connectivity index (χ3v) is 5.22. The number of nitrogen functional groups attached to an aromatic ring is 1. The smallest absolute Gasteiger partial charge is 0.251 e. The number of amides is 2. The van der Waals surface area contributed by atoms with Gasteiger partial charge in [0.15, 0.2) is 0 Å². The first-order chi connectivity index (χ1) is 14.3. The fourth-order valence-corrected chi connectivity index (χ4v) is 3.86.